The van der Waals surface area contributed by atoms with Crippen molar-refractivity contribution in [3.63, 3.8) is 0 Å². The van der Waals surface area contributed by atoms with Gasteiger partial charge in [0.15, 0.2) is 0 Å². The molecule has 1 unspecified atom stereocenters. The highest BCUT2D eigenvalue weighted by Crippen LogP contribution is 2.20. The molecular weight excluding hydrogens is 234 g/mol. The molecule has 0 aromatic carbocycles. The van der Waals surface area contributed by atoms with E-state index >= 15 is 0 Å². The molecule has 0 fully saturated rings. The molecule has 0 radical (unpaired) electrons. The third-order valence-electron chi connectivity index (χ3n) is 3.58. The Morgan fingerprint density at radius 3 is 2.74 bits per heavy atom. The van der Waals surface area contributed by atoms with Gasteiger partial charge in [-0.1, -0.05) is 27.2 Å². The van der Waals surface area contributed by atoms with Gasteiger partial charge in [0.2, 0.25) is 0 Å². The Labute approximate surface area is 118 Å². The second-order valence-electron chi connectivity index (χ2n) is 5.23. The molecule has 0 aliphatic heterocycles. The molecule has 1 N–H and O–H groups in total. The molecule has 0 aliphatic rings. The normalized spacial score (nSPS) is 12.4. The van der Waals surface area contributed by atoms with Crippen LogP contribution in [-0.2, 0) is 6.54 Å². The Balaban J connectivity index is 2.77. The van der Waals surface area contributed by atoms with Gasteiger partial charge in [-0.3, -0.25) is 4.98 Å². The first-order valence-corrected chi connectivity index (χ1v) is 7.61. The zero-order chi connectivity index (χ0) is 14.1. The minimum atomic E-state index is 0.719. The molecule has 0 bridgehead atoms. The molecule has 3 heteroatoms. The number of nitrogens with one attached hydrogen (secondary N) is 1. The lowest BCUT2D eigenvalue weighted by molar-refractivity contribution is 0.546. The monoisotopic (exact) mass is 263 g/mol. The van der Waals surface area contributed by atoms with E-state index in [4.69, 9.17) is 0 Å². The highest BCUT2D eigenvalue weighted by Gasteiger charge is 2.12. The fourth-order valence-corrected chi connectivity index (χ4v) is 2.15. The molecule has 108 valence electrons. The van der Waals surface area contributed by atoms with E-state index in [-0.39, 0.29) is 0 Å². The van der Waals surface area contributed by atoms with Crippen molar-refractivity contribution >= 4 is 5.69 Å². The Morgan fingerprint density at radius 2 is 2.11 bits per heavy atom. The molecule has 0 spiro atoms. The molecule has 0 amide bonds. The van der Waals surface area contributed by atoms with Crippen LogP contribution in [0.3, 0.4) is 0 Å². The van der Waals surface area contributed by atoms with Crippen molar-refractivity contribution in [1.82, 2.24) is 10.3 Å². The molecule has 1 aromatic heterocycles. The van der Waals surface area contributed by atoms with Crippen LogP contribution in [-0.4, -0.2) is 24.6 Å². The van der Waals surface area contributed by atoms with Gasteiger partial charge in [-0.05, 0) is 37.4 Å². The average molecular weight is 263 g/mol. The average Bonchev–Trinajstić information content (AvgIpc) is 2.45. The van der Waals surface area contributed by atoms with E-state index < -0.39 is 0 Å². The predicted octanol–water partition coefficient (Wildman–Crippen LogP) is 3.45. The molecule has 1 rings (SSSR count). The topological polar surface area (TPSA) is 28.2 Å². The van der Waals surface area contributed by atoms with E-state index in [1.807, 2.05) is 12.4 Å². The van der Waals surface area contributed by atoms with E-state index in [0.717, 1.165) is 32.1 Å². The largest absolute Gasteiger partial charge is 0.370 e. The first-order chi connectivity index (χ1) is 9.22. The number of pyridine rings is 1. The first kappa shape index (κ1) is 16.0. The molecule has 3 nitrogen and oxygen atoms in total. The van der Waals surface area contributed by atoms with E-state index in [0.29, 0.717) is 0 Å². The van der Waals surface area contributed by atoms with Crippen molar-refractivity contribution in [2.75, 3.05) is 24.5 Å². The fraction of sp³-hybridized carbons (Fsp3) is 0.688. The van der Waals surface area contributed by atoms with Crippen molar-refractivity contribution in [3.05, 3.63) is 24.0 Å². The van der Waals surface area contributed by atoms with Crippen molar-refractivity contribution in [2.45, 2.75) is 47.1 Å². The summed E-state index contributed by atoms with van der Waals surface area (Å²) < 4.78 is 0. The number of hydrogen-bond acceptors (Lipinski definition) is 3. The highest BCUT2D eigenvalue weighted by molar-refractivity contribution is 5.51. The summed E-state index contributed by atoms with van der Waals surface area (Å²) in [5.41, 5.74) is 2.64. The van der Waals surface area contributed by atoms with Gasteiger partial charge in [0.1, 0.15) is 0 Å². The van der Waals surface area contributed by atoms with Crippen LogP contribution in [0.1, 0.15) is 46.1 Å². The highest BCUT2D eigenvalue weighted by atomic mass is 15.1. The van der Waals surface area contributed by atoms with E-state index in [2.05, 4.69) is 49.0 Å². The van der Waals surface area contributed by atoms with Gasteiger partial charge in [0, 0.05) is 25.8 Å². The van der Waals surface area contributed by atoms with Gasteiger partial charge >= 0.3 is 0 Å². The number of nitrogens with zero attached hydrogens (tertiary/aromatic N) is 2. The van der Waals surface area contributed by atoms with Crippen molar-refractivity contribution in [1.29, 1.82) is 0 Å². The van der Waals surface area contributed by atoms with Crippen molar-refractivity contribution in [2.24, 2.45) is 5.92 Å². The summed E-state index contributed by atoms with van der Waals surface area (Å²) in [7, 11) is 0. The van der Waals surface area contributed by atoms with Crippen molar-refractivity contribution < 1.29 is 0 Å². The summed E-state index contributed by atoms with van der Waals surface area (Å²) in [6.07, 6.45) is 6.29. The standard InChI is InChI=1S/C16H29N3/c1-5-9-17-11-15-8-10-18-12-16(15)19(7-3)13-14(4)6-2/h8,10,12,14,17H,5-7,9,11,13H2,1-4H3. The molecule has 0 aliphatic carbocycles. The number of aromatic nitrogens is 1. The van der Waals surface area contributed by atoms with Gasteiger partial charge in [0.25, 0.3) is 0 Å². The maximum Gasteiger partial charge on any atom is 0.0598 e. The summed E-state index contributed by atoms with van der Waals surface area (Å²) in [6, 6.07) is 2.14. The van der Waals surface area contributed by atoms with Crippen LogP contribution >= 0.6 is 0 Å². The second kappa shape index (κ2) is 8.92. The molecule has 19 heavy (non-hydrogen) atoms. The van der Waals surface area contributed by atoms with Crippen LogP contribution in [0.25, 0.3) is 0 Å². The number of rotatable bonds is 9. The summed E-state index contributed by atoms with van der Waals surface area (Å²) in [6.45, 7) is 13.1. The summed E-state index contributed by atoms with van der Waals surface area (Å²) in [5.74, 6) is 0.719. The molecule has 1 heterocycles. The zero-order valence-electron chi connectivity index (χ0n) is 12.9. The lowest BCUT2D eigenvalue weighted by atomic mass is 10.1. The number of hydrogen-bond donors (Lipinski definition) is 1. The van der Waals surface area contributed by atoms with Gasteiger partial charge in [-0.25, -0.2) is 0 Å². The van der Waals surface area contributed by atoms with E-state index in [1.165, 1.54) is 24.1 Å². The van der Waals surface area contributed by atoms with Crippen LogP contribution in [0.2, 0.25) is 0 Å². The van der Waals surface area contributed by atoms with E-state index in [9.17, 15) is 0 Å². The van der Waals surface area contributed by atoms with Gasteiger partial charge in [-0.15, -0.1) is 0 Å². The Bertz CT molecular complexity index is 352. The SMILES string of the molecule is CCCNCc1ccncc1N(CC)CC(C)CC. The van der Waals surface area contributed by atoms with Crippen LogP contribution in [0.15, 0.2) is 18.5 Å². The third-order valence-corrected chi connectivity index (χ3v) is 3.58. The van der Waals surface area contributed by atoms with Gasteiger partial charge in [0.05, 0.1) is 11.9 Å². The smallest absolute Gasteiger partial charge is 0.0598 e. The minimum absolute atomic E-state index is 0.719. The van der Waals surface area contributed by atoms with Crippen LogP contribution in [0, 0.1) is 5.92 Å². The summed E-state index contributed by atoms with van der Waals surface area (Å²) >= 11 is 0. The molecule has 1 atom stereocenters. The second-order valence-corrected chi connectivity index (χ2v) is 5.23. The lowest BCUT2D eigenvalue weighted by Crippen LogP contribution is -2.29. The minimum Gasteiger partial charge on any atom is -0.370 e. The summed E-state index contributed by atoms with van der Waals surface area (Å²) in [4.78, 5) is 6.75. The van der Waals surface area contributed by atoms with Crippen LogP contribution < -0.4 is 10.2 Å². The first-order valence-electron chi connectivity index (χ1n) is 7.61. The molecule has 0 saturated carbocycles. The predicted molar refractivity (Wildman–Crippen MR) is 83.6 cm³/mol. The van der Waals surface area contributed by atoms with E-state index in [1.54, 1.807) is 0 Å². The molecule has 0 saturated heterocycles. The summed E-state index contributed by atoms with van der Waals surface area (Å²) in [5, 5.41) is 3.48. The lowest BCUT2D eigenvalue weighted by Gasteiger charge is -2.28. The Hall–Kier alpha value is -1.09. The maximum atomic E-state index is 4.31. The molecule has 1 aromatic rings. The van der Waals surface area contributed by atoms with Gasteiger partial charge < -0.3 is 10.2 Å². The number of anilines is 1. The zero-order valence-corrected chi connectivity index (χ0v) is 12.9. The Kier molecular flexibility index (Phi) is 7.49. The Morgan fingerprint density at radius 1 is 1.32 bits per heavy atom. The molecular formula is C16H29N3. The van der Waals surface area contributed by atoms with Crippen molar-refractivity contribution in [3.8, 4) is 0 Å². The third kappa shape index (κ3) is 5.19. The van der Waals surface area contributed by atoms with Crippen LogP contribution in [0.5, 0.6) is 0 Å². The quantitative estimate of drug-likeness (QED) is 0.692. The fourth-order valence-electron chi connectivity index (χ4n) is 2.15. The van der Waals surface area contributed by atoms with Gasteiger partial charge in [-0.2, -0.15) is 0 Å². The maximum absolute atomic E-state index is 4.31. The van der Waals surface area contributed by atoms with Crippen LogP contribution in [0.4, 0.5) is 5.69 Å².